The van der Waals surface area contributed by atoms with Crippen LogP contribution in [0.15, 0.2) is 42.5 Å². The molecule has 0 aliphatic carbocycles. The van der Waals surface area contributed by atoms with Crippen LogP contribution in [-0.4, -0.2) is 34.2 Å². The molecule has 0 fully saturated rings. The van der Waals surface area contributed by atoms with E-state index in [0.717, 1.165) is 16.1 Å². The maximum Gasteiger partial charge on any atom is 0.241 e. The Bertz CT molecular complexity index is 886. The van der Waals surface area contributed by atoms with Crippen molar-refractivity contribution in [1.82, 2.24) is 5.32 Å². The van der Waals surface area contributed by atoms with Gasteiger partial charge in [0.1, 0.15) is 12.3 Å². The second-order valence-electron chi connectivity index (χ2n) is 5.49. The summed E-state index contributed by atoms with van der Waals surface area (Å²) in [6, 6.07) is 11.5. The molecule has 2 rings (SSSR count). The molecule has 1 amide bonds. The highest BCUT2D eigenvalue weighted by molar-refractivity contribution is 7.92. The number of anilines is 1. The molecule has 1 N–H and O–H groups in total. The van der Waals surface area contributed by atoms with E-state index >= 15 is 0 Å². The Morgan fingerprint density at radius 2 is 1.81 bits per heavy atom. The van der Waals surface area contributed by atoms with Crippen molar-refractivity contribution in [3.05, 3.63) is 58.1 Å². The molecule has 0 aromatic heterocycles. The van der Waals surface area contributed by atoms with Crippen LogP contribution in [0, 0.1) is 0 Å². The number of halogens is 2. The van der Waals surface area contributed by atoms with E-state index in [1.807, 2.05) is 0 Å². The monoisotopic (exact) mass is 416 g/mol. The minimum Gasteiger partial charge on any atom is -0.495 e. The van der Waals surface area contributed by atoms with E-state index in [0.29, 0.717) is 10.8 Å². The Morgan fingerprint density at radius 3 is 2.35 bits per heavy atom. The minimum absolute atomic E-state index is 0.250. The predicted octanol–water partition coefficient (Wildman–Crippen LogP) is 3.08. The zero-order chi connectivity index (χ0) is 19.3. The summed E-state index contributed by atoms with van der Waals surface area (Å²) in [7, 11) is -2.22. The number of methoxy groups -OCH3 is 1. The predicted molar refractivity (Wildman–Crippen MR) is 103 cm³/mol. The zero-order valence-electron chi connectivity index (χ0n) is 14.2. The van der Waals surface area contributed by atoms with Crippen LogP contribution in [0.3, 0.4) is 0 Å². The summed E-state index contributed by atoms with van der Waals surface area (Å²) >= 11 is 11.9. The number of sulfonamides is 1. The van der Waals surface area contributed by atoms with Crippen molar-refractivity contribution < 1.29 is 17.9 Å². The summed E-state index contributed by atoms with van der Waals surface area (Å²) in [6.07, 6.45) is 1.03. The van der Waals surface area contributed by atoms with Gasteiger partial charge in [-0.05, 0) is 35.9 Å². The third-order valence-electron chi connectivity index (χ3n) is 3.51. The van der Waals surface area contributed by atoms with Crippen LogP contribution in [-0.2, 0) is 21.4 Å². The fourth-order valence-electron chi connectivity index (χ4n) is 2.20. The molecule has 0 saturated heterocycles. The molecule has 9 heteroatoms. The molecule has 26 heavy (non-hydrogen) atoms. The summed E-state index contributed by atoms with van der Waals surface area (Å²) in [5.74, 6) is -0.0339. The molecule has 0 unspecified atom stereocenters. The highest BCUT2D eigenvalue weighted by Gasteiger charge is 2.21. The molecule has 0 radical (unpaired) electrons. The van der Waals surface area contributed by atoms with Gasteiger partial charge in [0.15, 0.2) is 0 Å². The lowest BCUT2D eigenvalue weighted by molar-refractivity contribution is -0.119. The number of carbonyl (C=O) groups excluding carboxylic acids is 1. The Morgan fingerprint density at radius 1 is 1.15 bits per heavy atom. The van der Waals surface area contributed by atoms with Crippen LogP contribution in [0.2, 0.25) is 10.0 Å². The van der Waals surface area contributed by atoms with Gasteiger partial charge in [-0.1, -0.05) is 35.3 Å². The molecule has 6 nitrogen and oxygen atoms in total. The molecule has 0 spiro atoms. The summed E-state index contributed by atoms with van der Waals surface area (Å²) in [4.78, 5) is 12.2. The van der Waals surface area contributed by atoms with Crippen molar-refractivity contribution in [2.75, 3.05) is 24.2 Å². The Hall–Kier alpha value is -1.96. The van der Waals surface area contributed by atoms with Gasteiger partial charge in [-0.25, -0.2) is 8.42 Å². The molecule has 0 aliphatic rings. The van der Waals surface area contributed by atoms with Crippen molar-refractivity contribution in [1.29, 1.82) is 0 Å². The normalized spacial score (nSPS) is 11.1. The molecule has 0 saturated carbocycles. The van der Waals surface area contributed by atoms with Gasteiger partial charge < -0.3 is 10.1 Å². The number of hydrogen-bond acceptors (Lipinski definition) is 4. The molecule has 140 valence electrons. The lowest BCUT2D eigenvalue weighted by Crippen LogP contribution is -2.40. The first kappa shape index (κ1) is 20.4. The average molecular weight is 417 g/mol. The molecular weight excluding hydrogens is 399 g/mol. The number of benzene rings is 2. The molecule has 2 aromatic rings. The second kappa shape index (κ2) is 8.62. The van der Waals surface area contributed by atoms with Crippen LogP contribution in [0.4, 0.5) is 5.69 Å². The molecule has 0 bridgehead atoms. The van der Waals surface area contributed by atoms with Crippen LogP contribution in [0.25, 0.3) is 0 Å². The summed E-state index contributed by atoms with van der Waals surface area (Å²) in [5, 5.41) is 3.53. The highest BCUT2D eigenvalue weighted by Crippen LogP contribution is 2.30. The summed E-state index contributed by atoms with van der Waals surface area (Å²) < 4.78 is 30.2. The number of hydrogen-bond donors (Lipinski definition) is 1. The van der Waals surface area contributed by atoms with E-state index in [-0.39, 0.29) is 23.8 Å². The highest BCUT2D eigenvalue weighted by atomic mass is 35.5. The quantitative estimate of drug-likeness (QED) is 0.752. The summed E-state index contributed by atoms with van der Waals surface area (Å²) in [5.41, 5.74) is 1.13. The number of rotatable bonds is 7. The van der Waals surface area contributed by atoms with Crippen molar-refractivity contribution in [2.45, 2.75) is 6.54 Å². The number of ether oxygens (including phenoxy) is 1. The number of amides is 1. The topological polar surface area (TPSA) is 75.7 Å². The zero-order valence-corrected chi connectivity index (χ0v) is 16.5. The summed E-state index contributed by atoms with van der Waals surface area (Å²) in [6.45, 7) is -0.105. The molecule has 0 heterocycles. The van der Waals surface area contributed by atoms with Crippen molar-refractivity contribution in [3.8, 4) is 5.75 Å². The van der Waals surface area contributed by atoms with E-state index in [9.17, 15) is 13.2 Å². The maximum atomic E-state index is 12.2. The molecule has 0 aliphatic heterocycles. The average Bonchev–Trinajstić information content (AvgIpc) is 2.58. The van der Waals surface area contributed by atoms with Gasteiger partial charge >= 0.3 is 0 Å². The second-order valence-corrected chi connectivity index (χ2v) is 8.24. The van der Waals surface area contributed by atoms with Crippen LogP contribution in [0.1, 0.15) is 5.56 Å². The van der Waals surface area contributed by atoms with Gasteiger partial charge in [0.25, 0.3) is 0 Å². The lowest BCUT2D eigenvalue weighted by atomic mass is 10.2. The molecular formula is C17H18Cl2N2O4S. The van der Waals surface area contributed by atoms with E-state index in [4.69, 9.17) is 27.9 Å². The molecule has 2 aromatic carbocycles. The minimum atomic E-state index is -3.68. The number of carbonyl (C=O) groups is 1. The van der Waals surface area contributed by atoms with Gasteiger partial charge in [-0.15, -0.1) is 0 Å². The fraction of sp³-hybridized carbons (Fsp3) is 0.235. The maximum absolute atomic E-state index is 12.2. The SMILES string of the molecule is COc1ccc(N(CC(=O)NCc2ccc(Cl)cc2)S(C)(=O)=O)cc1Cl. The first-order valence-electron chi connectivity index (χ1n) is 7.53. The van der Waals surface area contributed by atoms with Crippen molar-refractivity contribution in [2.24, 2.45) is 0 Å². The van der Waals surface area contributed by atoms with Gasteiger partial charge in [-0.3, -0.25) is 9.10 Å². The van der Waals surface area contributed by atoms with Gasteiger partial charge in [0, 0.05) is 11.6 Å². The Balaban J connectivity index is 2.11. The lowest BCUT2D eigenvalue weighted by Gasteiger charge is -2.22. The standard InChI is InChI=1S/C17H18Cl2N2O4S/c1-25-16-8-7-14(9-15(16)19)21(26(2,23)24)11-17(22)20-10-12-3-5-13(18)6-4-12/h3-9H,10-11H2,1-2H3,(H,20,22). The van der Waals surface area contributed by atoms with Crippen LogP contribution >= 0.6 is 23.2 Å². The fourth-order valence-corrected chi connectivity index (χ4v) is 3.43. The number of nitrogens with one attached hydrogen (secondary N) is 1. The Labute approximate surface area is 162 Å². The molecule has 0 atom stereocenters. The van der Waals surface area contributed by atoms with Gasteiger partial charge in [0.2, 0.25) is 15.9 Å². The largest absolute Gasteiger partial charge is 0.495 e. The van der Waals surface area contributed by atoms with E-state index in [2.05, 4.69) is 5.32 Å². The van der Waals surface area contributed by atoms with Crippen LogP contribution in [0.5, 0.6) is 5.75 Å². The van der Waals surface area contributed by atoms with E-state index in [1.165, 1.54) is 19.2 Å². The first-order chi connectivity index (χ1) is 12.2. The van der Waals surface area contributed by atoms with Gasteiger partial charge in [-0.2, -0.15) is 0 Å². The van der Waals surface area contributed by atoms with E-state index in [1.54, 1.807) is 30.3 Å². The van der Waals surface area contributed by atoms with Crippen LogP contribution < -0.4 is 14.4 Å². The first-order valence-corrected chi connectivity index (χ1v) is 10.1. The van der Waals surface area contributed by atoms with Crippen molar-refractivity contribution >= 4 is 44.8 Å². The third kappa shape index (κ3) is 5.52. The Kier molecular flexibility index (Phi) is 6.75. The van der Waals surface area contributed by atoms with E-state index < -0.39 is 15.9 Å². The van der Waals surface area contributed by atoms with Crippen molar-refractivity contribution in [3.63, 3.8) is 0 Å². The smallest absolute Gasteiger partial charge is 0.241 e. The van der Waals surface area contributed by atoms with Gasteiger partial charge in [0.05, 0.1) is 24.1 Å². The third-order valence-corrected chi connectivity index (χ3v) is 5.20. The number of nitrogens with zero attached hydrogens (tertiary/aromatic N) is 1.